The highest BCUT2D eigenvalue weighted by molar-refractivity contribution is 5.96. The van der Waals surface area contributed by atoms with Crippen molar-refractivity contribution in [2.75, 3.05) is 31.9 Å². The number of anilines is 1. The van der Waals surface area contributed by atoms with Crippen LogP contribution in [0.1, 0.15) is 26.3 Å². The Labute approximate surface area is 269 Å². The van der Waals surface area contributed by atoms with Crippen molar-refractivity contribution in [2.24, 2.45) is 0 Å². The number of nitrogens with zero attached hydrogens (tertiary/aromatic N) is 6. The molecular formula is C36H30FN7O3. The molecule has 10 nitrogen and oxygen atoms in total. The smallest absolute Gasteiger partial charge is 0.253 e. The fraction of sp³-hybridized carbons (Fsp3) is 0.139. The largest absolute Gasteiger partial charge is 0.507 e. The fourth-order valence-electron chi connectivity index (χ4n) is 5.88. The van der Waals surface area contributed by atoms with Gasteiger partial charge in [-0.2, -0.15) is 0 Å². The highest BCUT2D eigenvalue weighted by Crippen LogP contribution is 2.32. The van der Waals surface area contributed by atoms with Crippen LogP contribution in [-0.4, -0.2) is 72.8 Å². The van der Waals surface area contributed by atoms with Crippen molar-refractivity contribution in [3.8, 4) is 34.1 Å². The van der Waals surface area contributed by atoms with Gasteiger partial charge in [0.05, 0.1) is 16.8 Å². The summed E-state index contributed by atoms with van der Waals surface area (Å²) in [5.74, 6) is 0.297. The van der Waals surface area contributed by atoms with E-state index in [0.717, 1.165) is 11.3 Å². The van der Waals surface area contributed by atoms with Crippen LogP contribution in [0.4, 0.5) is 10.2 Å². The summed E-state index contributed by atoms with van der Waals surface area (Å²) in [4.78, 5) is 42.3. The average molecular weight is 628 g/mol. The fourth-order valence-corrected chi connectivity index (χ4v) is 5.88. The average Bonchev–Trinajstić information content (AvgIpc) is 3.47. The molecule has 0 radical (unpaired) electrons. The summed E-state index contributed by atoms with van der Waals surface area (Å²) in [6.07, 6.45) is 2.17. The van der Waals surface area contributed by atoms with Crippen molar-refractivity contribution in [3.63, 3.8) is 0 Å². The lowest BCUT2D eigenvalue weighted by Crippen LogP contribution is -2.48. The standard InChI is InChI=1S/C36H30FN7O3/c37-27-4-1-3-24(20-27)30-11-12-31-35(40-30)44(34(41-31)29-5-2-14-39-33(29)38)28-9-6-23(7-10-28)21-42-15-17-43(18-16-42)36(47)25-8-13-32(46)26(19-25)22-45/h1-14,19-20,22,46H,15-18,21H2,(H2,38,39). The van der Waals surface area contributed by atoms with Crippen LogP contribution in [0.3, 0.4) is 0 Å². The van der Waals surface area contributed by atoms with E-state index in [4.69, 9.17) is 15.7 Å². The second kappa shape index (κ2) is 12.5. The van der Waals surface area contributed by atoms with E-state index >= 15 is 0 Å². The van der Waals surface area contributed by atoms with E-state index in [9.17, 15) is 19.1 Å². The maximum absolute atomic E-state index is 14.0. The molecule has 7 rings (SSSR count). The van der Waals surface area contributed by atoms with Crippen LogP contribution in [0.15, 0.2) is 97.2 Å². The summed E-state index contributed by atoms with van der Waals surface area (Å²) in [6.45, 7) is 3.17. The van der Waals surface area contributed by atoms with Gasteiger partial charge in [-0.15, -0.1) is 0 Å². The lowest BCUT2D eigenvalue weighted by Gasteiger charge is -2.35. The number of aromatic hydroxyl groups is 1. The second-order valence-electron chi connectivity index (χ2n) is 11.4. The maximum Gasteiger partial charge on any atom is 0.253 e. The number of amides is 1. The SMILES string of the molecule is Nc1ncccc1-c1nc2ccc(-c3cccc(F)c3)nc2n1-c1ccc(CN2CCN(C(=O)c3ccc(O)c(C=O)c3)CC2)cc1. The Morgan fingerprint density at radius 2 is 1.72 bits per heavy atom. The quantitative estimate of drug-likeness (QED) is 0.227. The lowest BCUT2D eigenvalue weighted by atomic mass is 10.1. The number of carbonyl (C=O) groups is 2. The van der Waals surface area contributed by atoms with Crippen molar-refractivity contribution in [1.29, 1.82) is 0 Å². The summed E-state index contributed by atoms with van der Waals surface area (Å²) in [6, 6.07) is 26.2. The number of imidazole rings is 1. The minimum Gasteiger partial charge on any atom is -0.507 e. The van der Waals surface area contributed by atoms with Gasteiger partial charge in [0.15, 0.2) is 17.8 Å². The van der Waals surface area contributed by atoms with Gasteiger partial charge in [0.25, 0.3) is 5.91 Å². The number of pyridine rings is 2. The highest BCUT2D eigenvalue weighted by atomic mass is 19.1. The van der Waals surface area contributed by atoms with Crippen LogP contribution in [0.2, 0.25) is 0 Å². The third kappa shape index (κ3) is 5.91. The molecule has 1 aliphatic heterocycles. The van der Waals surface area contributed by atoms with E-state index in [1.54, 1.807) is 17.2 Å². The predicted octanol–water partition coefficient (Wildman–Crippen LogP) is 5.35. The highest BCUT2D eigenvalue weighted by Gasteiger charge is 2.23. The third-order valence-corrected chi connectivity index (χ3v) is 8.37. The van der Waals surface area contributed by atoms with E-state index in [1.807, 2.05) is 47.0 Å². The van der Waals surface area contributed by atoms with Gasteiger partial charge in [0, 0.05) is 55.7 Å². The van der Waals surface area contributed by atoms with Gasteiger partial charge >= 0.3 is 0 Å². The Hall–Kier alpha value is -5.94. The van der Waals surface area contributed by atoms with Gasteiger partial charge in [0.1, 0.15) is 22.9 Å². The minimum atomic E-state index is -0.337. The van der Waals surface area contributed by atoms with Gasteiger partial charge in [-0.1, -0.05) is 24.3 Å². The zero-order chi connectivity index (χ0) is 32.5. The van der Waals surface area contributed by atoms with Crippen LogP contribution < -0.4 is 5.73 Å². The molecule has 0 spiro atoms. The number of phenolic OH excluding ortho intramolecular Hbond substituents is 1. The van der Waals surface area contributed by atoms with E-state index < -0.39 is 0 Å². The zero-order valence-corrected chi connectivity index (χ0v) is 25.3. The normalized spacial score (nSPS) is 13.6. The lowest BCUT2D eigenvalue weighted by molar-refractivity contribution is 0.0628. The van der Waals surface area contributed by atoms with Crippen LogP contribution >= 0.6 is 0 Å². The number of carbonyl (C=O) groups excluding carboxylic acids is 2. The van der Waals surface area contributed by atoms with Crippen molar-refractivity contribution >= 4 is 29.2 Å². The first kappa shape index (κ1) is 29.8. The van der Waals surface area contributed by atoms with E-state index in [-0.39, 0.29) is 23.0 Å². The molecule has 4 heterocycles. The first-order valence-electron chi connectivity index (χ1n) is 15.1. The van der Waals surface area contributed by atoms with Gasteiger partial charge in [-0.3, -0.25) is 19.1 Å². The molecule has 0 bridgehead atoms. The molecule has 47 heavy (non-hydrogen) atoms. The summed E-state index contributed by atoms with van der Waals surface area (Å²) in [7, 11) is 0. The molecule has 0 saturated carbocycles. The Bertz CT molecular complexity index is 2120. The number of nitrogens with two attached hydrogens (primary N) is 1. The topological polar surface area (TPSA) is 130 Å². The summed E-state index contributed by atoms with van der Waals surface area (Å²) < 4.78 is 16.0. The van der Waals surface area contributed by atoms with Crippen molar-refractivity contribution in [1.82, 2.24) is 29.3 Å². The number of aromatic nitrogens is 4. The van der Waals surface area contributed by atoms with Crippen molar-refractivity contribution in [2.45, 2.75) is 6.54 Å². The Morgan fingerprint density at radius 1 is 0.915 bits per heavy atom. The molecule has 1 aliphatic rings. The first-order chi connectivity index (χ1) is 22.9. The van der Waals surface area contributed by atoms with Crippen LogP contribution in [0, 0.1) is 5.82 Å². The minimum absolute atomic E-state index is 0.0976. The molecule has 0 unspecified atom stereocenters. The number of halogens is 1. The molecule has 1 amide bonds. The summed E-state index contributed by atoms with van der Waals surface area (Å²) in [5, 5.41) is 9.77. The van der Waals surface area contributed by atoms with E-state index in [1.165, 1.54) is 30.3 Å². The van der Waals surface area contributed by atoms with Gasteiger partial charge < -0.3 is 15.7 Å². The third-order valence-electron chi connectivity index (χ3n) is 8.37. The van der Waals surface area contributed by atoms with Gasteiger partial charge in [-0.25, -0.2) is 19.3 Å². The molecule has 6 aromatic rings. The molecule has 1 saturated heterocycles. The second-order valence-corrected chi connectivity index (χ2v) is 11.4. The van der Waals surface area contributed by atoms with Crippen LogP contribution in [0.5, 0.6) is 5.75 Å². The number of hydrogen-bond donors (Lipinski definition) is 2. The summed E-state index contributed by atoms with van der Waals surface area (Å²) >= 11 is 0. The number of nitrogen functional groups attached to an aromatic ring is 1. The van der Waals surface area contributed by atoms with E-state index in [2.05, 4.69) is 22.0 Å². The number of rotatable bonds is 7. The molecule has 234 valence electrons. The van der Waals surface area contributed by atoms with Crippen LogP contribution in [-0.2, 0) is 6.54 Å². The number of hydrogen-bond acceptors (Lipinski definition) is 8. The number of aldehydes is 1. The number of piperazine rings is 1. The molecule has 3 N–H and O–H groups in total. The maximum atomic E-state index is 14.0. The molecule has 1 fully saturated rings. The van der Waals surface area contributed by atoms with E-state index in [0.29, 0.717) is 84.2 Å². The Morgan fingerprint density at radius 3 is 2.47 bits per heavy atom. The Kier molecular flexibility index (Phi) is 7.88. The molecule has 0 atom stereocenters. The monoisotopic (exact) mass is 627 g/mol. The Balaban J connectivity index is 1.13. The van der Waals surface area contributed by atoms with Crippen molar-refractivity contribution < 1.29 is 19.1 Å². The molecular weight excluding hydrogens is 597 g/mol. The molecule has 3 aromatic carbocycles. The number of phenols is 1. The molecule has 3 aromatic heterocycles. The van der Waals surface area contributed by atoms with Crippen LogP contribution in [0.25, 0.3) is 39.5 Å². The molecule has 11 heteroatoms. The van der Waals surface area contributed by atoms with Crippen molar-refractivity contribution in [3.05, 3.63) is 120 Å². The van der Waals surface area contributed by atoms with Gasteiger partial charge in [-0.05, 0) is 72.3 Å². The molecule has 0 aliphatic carbocycles. The summed E-state index contributed by atoms with van der Waals surface area (Å²) in [5.41, 5.74) is 11.9. The first-order valence-corrected chi connectivity index (χ1v) is 15.1. The zero-order valence-electron chi connectivity index (χ0n) is 25.3. The number of benzene rings is 3. The number of fused-ring (bicyclic) bond motifs is 1. The van der Waals surface area contributed by atoms with Gasteiger partial charge in [0.2, 0.25) is 0 Å². The predicted molar refractivity (Wildman–Crippen MR) is 177 cm³/mol.